The van der Waals surface area contributed by atoms with Crippen molar-refractivity contribution in [3.8, 4) is 0 Å². The summed E-state index contributed by atoms with van der Waals surface area (Å²) < 4.78 is 5.24. The van der Waals surface area contributed by atoms with Crippen LogP contribution < -0.4 is 5.32 Å². The molecule has 0 bridgehead atoms. The molecule has 0 rings (SSSR count). The molecule has 1 unspecified atom stereocenters. The lowest BCUT2D eigenvalue weighted by molar-refractivity contribution is 0.145. The number of nitrogens with one attached hydrogen (secondary N) is 1. The molecule has 0 spiro atoms. The van der Waals surface area contributed by atoms with Gasteiger partial charge in [0.2, 0.25) is 0 Å². The van der Waals surface area contributed by atoms with Gasteiger partial charge in [-0.2, -0.15) is 0 Å². The summed E-state index contributed by atoms with van der Waals surface area (Å²) in [5, 5.41) is 3.42. The molecule has 80 valence electrons. The van der Waals surface area contributed by atoms with Crippen LogP contribution in [0.15, 0.2) is 0 Å². The van der Waals surface area contributed by atoms with Crippen molar-refractivity contribution >= 4 is 0 Å². The topological polar surface area (TPSA) is 24.5 Å². The maximum Gasteiger partial charge on any atom is 0.0590 e. The predicted octanol–water partition coefficient (Wildman–Crippen LogP) is 0.953. The highest BCUT2D eigenvalue weighted by Gasteiger charge is 2.02. The number of hydrogen-bond acceptors (Lipinski definition) is 3. The molecule has 3 heteroatoms. The molecule has 0 aromatic rings. The van der Waals surface area contributed by atoms with E-state index in [4.69, 9.17) is 4.74 Å². The predicted molar refractivity (Wildman–Crippen MR) is 57.1 cm³/mol. The minimum atomic E-state index is 0.547. The van der Waals surface area contributed by atoms with Crippen molar-refractivity contribution in [2.75, 3.05) is 39.9 Å². The summed E-state index contributed by atoms with van der Waals surface area (Å²) in [6, 6.07) is 0.547. The molecule has 0 saturated carbocycles. The van der Waals surface area contributed by atoms with Crippen LogP contribution in [0.1, 0.15) is 20.8 Å². The Morgan fingerprint density at radius 3 is 2.62 bits per heavy atom. The molecule has 0 heterocycles. The average Bonchev–Trinajstić information content (AvgIpc) is 2.12. The van der Waals surface area contributed by atoms with Gasteiger partial charge in [-0.25, -0.2) is 0 Å². The molecular formula is C10H24N2O. The van der Waals surface area contributed by atoms with Crippen LogP contribution in [0.4, 0.5) is 0 Å². The standard InChI is InChI=1S/C10H24N2O/c1-5-12(4)9-10(3)11-7-8-13-6-2/h10-11H,5-9H2,1-4H3. The lowest BCUT2D eigenvalue weighted by atomic mass is 10.3. The van der Waals surface area contributed by atoms with Crippen LogP contribution in [0, 0.1) is 0 Å². The molecule has 0 saturated heterocycles. The summed E-state index contributed by atoms with van der Waals surface area (Å²) >= 11 is 0. The number of ether oxygens (including phenoxy) is 1. The normalized spacial score (nSPS) is 13.6. The maximum atomic E-state index is 5.24. The summed E-state index contributed by atoms with van der Waals surface area (Å²) in [6.07, 6.45) is 0. The molecule has 0 aliphatic carbocycles. The third-order valence-corrected chi connectivity index (χ3v) is 2.07. The Morgan fingerprint density at radius 1 is 1.38 bits per heavy atom. The summed E-state index contributed by atoms with van der Waals surface area (Å²) in [6.45, 7) is 11.2. The third kappa shape index (κ3) is 8.22. The maximum absolute atomic E-state index is 5.24. The number of nitrogens with zero attached hydrogens (tertiary/aromatic N) is 1. The van der Waals surface area contributed by atoms with Gasteiger partial charge in [0.05, 0.1) is 6.61 Å². The number of hydrogen-bond donors (Lipinski definition) is 1. The minimum Gasteiger partial charge on any atom is -0.380 e. The molecule has 1 atom stereocenters. The van der Waals surface area contributed by atoms with Crippen LogP contribution in [0.5, 0.6) is 0 Å². The van der Waals surface area contributed by atoms with Crippen LogP contribution >= 0.6 is 0 Å². The Hall–Kier alpha value is -0.120. The zero-order valence-corrected chi connectivity index (χ0v) is 9.47. The molecule has 0 amide bonds. The van der Waals surface area contributed by atoms with Crippen molar-refractivity contribution in [1.82, 2.24) is 10.2 Å². The third-order valence-electron chi connectivity index (χ3n) is 2.07. The molecular weight excluding hydrogens is 164 g/mol. The lowest BCUT2D eigenvalue weighted by Crippen LogP contribution is -2.38. The fraction of sp³-hybridized carbons (Fsp3) is 1.00. The van der Waals surface area contributed by atoms with E-state index in [1.54, 1.807) is 0 Å². The fourth-order valence-electron chi connectivity index (χ4n) is 1.18. The van der Waals surface area contributed by atoms with Gasteiger partial charge in [-0.1, -0.05) is 6.92 Å². The fourth-order valence-corrected chi connectivity index (χ4v) is 1.18. The summed E-state index contributed by atoms with van der Waals surface area (Å²) in [7, 11) is 2.14. The van der Waals surface area contributed by atoms with E-state index in [0.717, 1.165) is 32.8 Å². The van der Waals surface area contributed by atoms with Gasteiger partial charge < -0.3 is 15.0 Å². The molecule has 0 aromatic heterocycles. The molecule has 0 radical (unpaired) electrons. The van der Waals surface area contributed by atoms with Crippen molar-refractivity contribution in [2.24, 2.45) is 0 Å². The summed E-state index contributed by atoms with van der Waals surface area (Å²) in [4.78, 5) is 2.30. The molecule has 0 aliphatic heterocycles. The Balaban J connectivity index is 3.24. The van der Waals surface area contributed by atoms with Gasteiger partial charge in [0.1, 0.15) is 0 Å². The largest absolute Gasteiger partial charge is 0.380 e. The molecule has 3 nitrogen and oxygen atoms in total. The molecule has 0 aliphatic rings. The molecule has 0 fully saturated rings. The van der Waals surface area contributed by atoms with E-state index < -0.39 is 0 Å². The van der Waals surface area contributed by atoms with Gasteiger partial charge in [0.25, 0.3) is 0 Å². The molecule has 0 aromatic carbocycles. The first-order valence-electron chi connectivity index (χ1n) is 5.20. The Kier molecular flexibility index (Phi) is 8.40. The van der Waals surface area contributed by atoms with Crippen LogP contribution in [0.3, 0.4) is 0 Å². The van der Waals surface area contributed by atoms with Gasteiger partial charge in [-0.15, -0.1) is 0 Å². The van der Waals surface area contributed by atoms with Crippen molar-refractivity contribution in [1.29, 1.82) is 0 Å². The van der Waals surface area contributed by atoms with Gasteiger partial charge in [0, 0.05) is 25.7 Å². The van der Waals surface area contributed by atoms with E-state index in [2.05, 4.69) is 31.1 Å². The first-order chi connectivity index (χ1) is 6.20. The van der Waals surface area contributed by atoms with E-state index in [9.17, 15) is 0 Å². The van der Waals surface area contributed by atoms with Crippen molar-refractivity contribution in [3.05, 3.63) is 0 Å². The molecule has 13 heavy (non-hydrogen) atoms. The van der Waals surface area contributed by atoms with Crippen LogP contribution in [-0.4, -0.2) is 50.8 Å². The monoisotopic (exact) mass is 188 g/mol. The summed E-state index contributed by atoms with van der Waals surface area (Å²) in [5.74, 6) is 0. The smallest absolute Gasteiger partial charge is 0.0590 e. The van der Waals surface area contributed by atoms with E-state index in [0.29, 0.717) is 6.04 Å². The van der Waals surface area contributed by atoms with Gasteiger partial charge in [0.15, 0.2) is 0 Å². The lowest BCUT2D eigenvalue weighted by Gasteiger charge is -2.20. The van der Waals surface area contributed by atoms with Gasteiger partial charge in [-0.05, 0) is 27.4 Å². The Morgan fingerprint density at radius 2 is 2.08 bits per heavy atom. The van der Waals surface area contributed by atoms with E-state index in [1.165, 1.54) is 0 Å². The quantitative estimate of drug-likeness (QED) is 0.574. The highest BCUT2D eigenvalue weighted by molar-refractivity contribution is 4.63. The number of rotatable bonds is 8. The second kappa shape index (κ2) is 8.48. The second-order valence-electron chi connectivity index (χ2n) is 3.41. The first kappa shape index (κ1) is 12.9. The Bertz CT molecular complexity index is 109. The minimum absolute atomic E-state index is 0.547. The Labute approximate surface area is 82.4 Å². The first-order valence-corrected chi connectivity index (χ1v) is 5.20. The highest BCUT2D eigenvalue weighted by Crippen LogP contribution is 1.87. The van der Waals surface area contributed by atoms with E-state index in [-0.39, 0.29) is 0 Å². The van der Waals surface area contributed by atoms with E-state index >= 15 is 0 Å². The zero-order chi connectivity index (χ0) is 10.1. The van der Waals surface area contributed by atoms with Crippen molar-refractivity contribution in [2.45, 2.75) is 26.8 Å². The molecule has 1 N–H and O–H groups in total. The number of likely N-dealkylation sites (N-methyl/N-ethyl adjacent to an activating group) is 1. The summed E-state index contributed by atoms with van der Waals surface area (Å²) in [5.41, 5.74) is 0. The van der Waals surface area contributed by atoms with Gasteiger partial charge in [-0.3, -0.25) is 0 Å². The van der Waals surface area contributed by atoms with E-state index in [1.807, 2.05) is 6.92 Å². The van der Waals surface area contributed by atoms with Crippen molar-refractivity contribution < 1.29 is 4.74 Å². The second-order valence-corrected chi connectivity index (χ2v) is 3.41. The zero-order valence-electron chi connectivity index (χ0n) is 9.47. The highest BCUT2D eigenvalue weighted by atomic mass is 16.5. The average molecular weight is 188 g/mol. The van der Waals surface area contributed by atoms with Crippen LogP contribution in [-0.2, 0) is 4.74 Å². The van der Waals surface area contributed by atoms with Crippen LogP contribution in [0.25, 0.3) is 0 Å². The SMILES string of the molecule is CCOCCNC(C)CN(C)CC. The van der Waals surface area contributed by atoms with Crippen molar-refractivity contribution in [3.63, 3.8) is 0 Å². The van der Waals surface area contributed by atoms with Gasteiger partial charge >= 0.3 is 0 Å². The van der Waals surface area contributed by atoms with Crippen LogP contribution in [0.2, 0.25) is 0 Å².